The molecule has 0 amide bonds. The van der Waals surface area contributed by atoms with Gasteiger partial charge in [-0.3, -0.25) is 4.79 Å². The number of thiazole rings is 1. The largest absolute Gasteiger partial charge is 0.383 e. The van der Waals surface area contributed by atoms with Gasteiger partial charge in [-0.05, 0) is 6.92 Å². The Morgan fingerprint density at radius 1 is 1.53 bits per heavy atom. The van der Waals surface area contributed by atoms with Gasteiger partial charge in [0.25, 0.3) is 5.56 Å². The number of aromatic amines is 1. The molecule has 2 heterocycles. The smallest absolute Gasteiger partial charge is 0.252 e. The molecule has 0 saturated heterocycles. The Morgan fingerprint density at radius 2 is 2.33 bits per heavy atom. The highest BCUT2D eigenvalue weighted by atomic mass is 32.1. The van der Waals surface area contributed by atoms with Gasteiger partial charge in [-0.1, -0.05) is 0 Å². The van der Waals surface area contributed by atoms with Gasteiger partial charge < -0.3 is 10.7 Å². The second kappa shape index (κ2) is 3.82. The standard InChI is InChI=1S/C9H10N4OS/c1-5-4-15-9(11-5)3-7-12-6(10)2-8(14)13-7/h2,4H,3H2,1H3,(H3,10,12,13,14). The van der Waals surface area contributed by atoms with Crippen LogP contribution in [0.3, 0.4) is 0 Å². The fraction of sp³-hybridized carbons (Fsp3) is 0.222. The van der Waals surface area contributed by atoms with E-state index in [0.717, 1.165) is 10.7 Å². The molecule has 78 valence electrons. The summed E-state index contributed by atoms with van der Waals surface area (Å²) in [5.41, 5.74) is 6.21. The van der Waals surface area contributed by atoms with Crippen molar-refractivity contribution in [2.24, 2.45) is 0 Å². The zero-order chi connectivity index (χ0) is 10.8. The van der Waals surface area contributed by atoms with Crippen molar-refractivity contribution in [2.75, 3.05) is 5.73 Å². The van der Waals surface area contributed by atoms with Gasteiger partial charge in [0.15, 0.2) is 0 Å². The number of nitrogens with one attached hydrogen (secondary N) is 1. The lowest BCUT2D eigenvalue weighted by Gasteiger charge is -1.98. The number of nitrogens with zero attached hydrogens (tertiary/aromatic N) is 2. The Morgan fingerprint density at radius 3 is 2.93 bits per heavy atom. The van der Waals surface area contributed by atoms with Crippen molar-refractivity contribution >= 4 is 17.2 Å². The molecule has 5 nitrogen and oxygen atoms in total. The summed E-state index contributed by atoms with van der Waals surface area (Å²) in [5.74, 6) is 0.788. The van der Waals surface area contributed by atoms with E-state index in [1.54, 1.807) is 11.3 Å². The first-order valence-corrected chi connectivity index (χ1v) is 5.28. The normalized spacial score (nSPS) is 10.5. The Kier molecular flexibility index (Phi) is 2.51. The molecule has 0 aliphatic rings. The number of hydrogen-bond acceptors (Lipinski definition) is 5. The predicted octanol–water partition coefficient (Wildman–Crippen LogP) is 0.708. The highest BCUT2D eigenvalue weighted by molar-refractivity contribution is 7.09. The second-order valence-corrected chi connectivity index (χ2v) is 4.12. The van der Waals surface area contributed by atoms with Crippen LogP contribution in [-0.4, -0.2) is 15.0 Å². The molecule has 2 aromatic heterocycles. The SMILES string of the molecule is Cc1csc(Cc2nc(N)cc(=O)[nH]2)n1. The molecule has 2 aromatic rings. The maximum Gasteiger partial charge on any atom is 0.252 e. The van der Waals surface area contributed by atoms with Crippen LogP contribution < -0.4 is 11.3 Å². The Labute approximate surface area is 90.0 Å². The highest BCUT2D eigenvalue weighted by Gasteiger charge is 2.03. The summed E-state index contributed by atoms with van der Waals surface area (Å²) in [6, 6.07) is 1.26. The third-order valence-electron chi connectivity index (χ3n) is 1.80. The number of anilines is 1. The van der Waals surface area contributed by atoms with Gasteiger partial charge in [0.1, 0.15) is 16.6 Å². The summed E-state index contributed by atoms with van der Waals surface area (Å²) >= 11 is 1.54. The number of rotatable bonds is 2. The topological polar surface area (TPSA) is 84.7 Å². The molecule has 2 rings (SSSR count). The lowest BCUT2D eigenvalue weighted by atomic mass is 10.4. The quantitative estimate of drug-likeness (QED) is 0.783. The molecule has 0 fully saturated rings. The van der Waals surface area contributed by atoms with Gasteiger partial charge in [0, 0.05) is 17.1 Å². The van der Waals surface area contributed by atoms with Gasteiger partial charge in [0.2, 0.25) is 0 Å². The molecular formula is C9H10N4OS. The Hall–Kier alpha value is -1.69. The molecule has 6 heteroatoms. The van der Waals surface area contributed by atoms with Crippen molar-refractivity contribution in [3.8, 4) is 0 Å². The van der Waals surface area contributed by atoms with Crippen molar-refractivity contribution in [3.63, 3.8) is 0 Å². The van der Waals surface area contributed by atoms with Gasteiger partial charge in [0.05, 0.1) is 6.42 Å². The van der Waals surface area contributed by atoms with Crippen LogP contribution in [0.1, 0.15) is 16.5 Å². The number of hydrogen-bond donors (Lipinski definition) is 2. The molecular weight excluding hydrogens is 212 g/mol. The third-order valence-corrected chi connectivity index (χ3v) is 2.76. The van der Waals surface area contributed by atoms with Crippen molar-refractivity contribution in [2.45, 2.75) is 13.3 Å². The van der Waals surface area contributed by atoms with E-state index in [9.17, 15) is 4.79 Å². The summed E-state index contributed by atoms with van der Waals surface area (Å²) in [6.45, 7) is 1.93. The average Bonchev–Trinajstić information content (AvgIpc) is 2.49. The van der Waals surface area contributed by atoms with Crippen molar-refractivity contribution < 1.29 is 0 Å². The fourth-order valence-electron chi connectivity index (χ4n) is 1.24. The molecule has 3 N–H and O–H groups in total. The molecule has 0 saturated carbocycles. The van der Waals surface area contributed by atoms with Crippen LogP contribution >= 0.6 is 11.3 Å². The first-order valence-electron chi connectivity index (χ1n) is 4.40. The van der Waals surface area contributed by atoms with Crippen LogP contribution in [0.4, 0.5) is 5.82 Å². The number of H-pyrrole nitrogens is 1. The molecule has 0 aliphatic heterocycles. The maximum absolute atomic E-state index is 11.1. The van der Waals surface area contributed by atoms with E-state index >= 15 is 0 Å². The van der Waals surface area contributed by atoms with Gasteiger partial charge in [-0.15, -0.1) is 11.3 Å². The lowest BCUT2D eigenvalue weighted by Crippen LogP contribution is -2.12. The summed E-state index contributed by atoms with van der Waals surface area (Å²) in [4.78, 5) is 22.0. The minimum Gasteiger partial charge on any atom is -0.383 e. The van der Waals surface area contributed by atoms with E-state index in [1.165, 1.54) is 6.07 Å². The van der Waals surface area contributed by atoms with Gasteiger partial charge in [-0.2, -0.15) is 0 Å². The summed E-state index contributed by atoms with van der Waals surface area (Å²) in [5, 5.41) is 2.88. The minimum absolute atomic E-state index is 0.231. The van der Waals surface area contributed by atoms with Crippen molar-refractivity contribution in [1.82, 2.24) is 15.0 Å². The summed E-state index contributed by atoms with van der Waals surface area (Å²) in [7, 11) is 0. The molecule has 0 spiro atoms. The molecule has 0 atom stereocenters. The maximum atomic E-state index is 11.1. The van der Waals surface area contributed by atoms with E-state index in [4.69, 9.17) is 5.73 Å². The monoisotopic (exact) mass is 222 g/mol. The zero-order valence-electron chi connectivity index (χ0n) is 8.15. The molecule has 0 radical (unpaired) electrons. The van der Waals surface area contributed by atoms with E-state index in [-0.39, 0.29) is 11.4 Å². The van der Waals surface area contributed by atoms with E-state index in [1.807, 2.05) is 12.3 Å². The average molecular weight is 222 g/mol. The number of aryl methyl sites for hydroxylation is 1. The van der Waals surface area contributed by atoms with Gasteiger partial charge >= 0.3 is 0 Å². The van der Waals surface area contributed by atoms with Crippen LogP contribution in [0.5, 0.6) is 0 Å². The minimum atomic E-state index is -0.231. The first-order chi connectivity index (χ1) is 7.13. The number of aromatic nitrogens is 3. The summed E-state index contributed by atoms with van der Waals surface area (Å²) < 4.78 is 0. The fourth-order valence-corrected chi connectivity index (χ4v) is 2.02. The number of nitrogen functional groups attached to an aromatic ring is 1. The van der Waals surface area contributed by atoms with Crippen LogP contribution in [0, 0.1) is 6.92 Å². The van der Waals surface area contributed by atoms with E-state index in [2.05, 4.69) is 15.0 Å². The second-order valence-electron chi connectivity index (χ2n) is 3.18. The van der Waals surface area contributed by atoms with E-state index < -0.39 is 0 Å². The van der Waals surface area contributed by atoms with Crippen molar-refractivity contribution in [1.29, 1.82) is 0 Å². The van der Waals surface area contributed by atoms with Gasteiger partial charge in [-0.25, -0.2) is 9.97 Å². The van der Waals surface area contributed by atoms with E-state index in [0.29, 0.717) is 12.2 Å². The highest BCUT2D eigenvalue weighted by Crippen LogP contribution is 2.11. The lowest BCUT2D eigenvalue weighted by molar-refractivity contribution is 0.939. The van der Waals surface area contributed by atoms with Crippen LogP contribution in [-0.2, 0) is 6.42 Å². The molecule has 0 bridgehead atoms. The Bertz CT molecular complexity index is 531. The van der Waals surface area contributed by atoms with Crippen LogP contribution in [0.2, 0.25) is 0 Å². The van der Waals surface area contributed by atoms with Crippen molar-refractivity contribution in [3.05, 3.63) is 38.3 Å². The predicted molar refractivity (Wildman–Crippen MR) is 58.9 cm³/mol. The zero-order valence-corrected chi connectivity index (χ0v) is 8.97. The van der Waals surface area contributed by atoms with Crippen LogP contribution in [0.15, 0.2) is 16.2 Å². The molecule has 0 aromatic carbocycles. The third kappa shape index (κ3) is 2.41. The van der Waals surface area contributed by atoms with Crippen LogP contribution in [0.25, 0.3) is 0 Å². The molecule has 15 heavy (non-hydrogen) atoms. The summed E-state index contributed by atoms with van der Waals surface area (Å²) in [6.07, 6.45) is 0.513. The molecule has 0 aliphatic carbocycles. The Balaban J connectivity index is 2.28. The first kappa shape index (κ1) is 9.85. The molecule has 0 unspecified atom stereocenters. The number of nitrogens with two attached hydrogens (primary N) is 1.